The molecule has 1 amide bonds. The van der Waals surface area contributed by atoms with Crippen LogP contribution < -0.4 is 14.2 Å². The van der Waals surface area contributed by atoms with Crippen molar-refractivity contribution >= 4 is 5.91 Å². The van der Waals surface area contributed by atoms with Crippen LogP contribution in [-0.4, -0.2) is 48.3 Å². The van der Waals surface area contributed by atoms with Crippen LogP contribution in [0.3, 0.4) is 0 Å². The average molecular weight is 508 g/mol. The highest BCUT2D eigenvalue weighted by Gasteiger charge is 2.45. The van der Waals surface area contributed by atoms with Gasteiger partial charge in [0, 0.05) is 44.0 Å². The summed E-state index contributed by atoms with van der Waals surface area (Å²) in [5.74, 6) is -0.0376. The zero-order chi connectivity index (χ0) is 26.0. The van der Waals surface area contributed by atoms with Gasteiger partial charge in [0.25, 0.3) is 5.91 Å². The summed E-state index contributed by atoms with van der Waals surface area (Å²) >= 11 is 0. The fraction of sp³-hybridized carbons (Fsp3) is 0.519. The Labute approximate surface area is 209 Å². The Morgan fingerprint density at radius 3 is 2.39 bits per heavy atom. The number of nitrogens with zero attached hydrogens (tertiary/aromatic N) is 1. The molecule has 2 heterocycles. The second-order valence-corrected chi connectivity index (χ2v) is 9.84. The highest BCUT2D eigenvalue weighted by molar-refractivity contribution is 5.97. The topological polar surface area (TPSA) is 57.2 Å². The van der Waals surface area contributed by atoms with E-state index >= 15 is 0 Å². The first-order valence-electron chi connectivity index (χ1n) is 12.2. The van der Waals surface area contributed by atoms with Gasteiger partial charge in [-0.2, -0.15) is 8.78 Å². The van der Waals surface area contributed by atoms with Gasteiger partial charge in [-0.1, -0.05) is 0 Å². The summed E-state index contributed by atoms with van der Waals surface area (Å²) < 4.78 is 62.8. The molecular formula is C27H32F3NO5. The van der Waals surface area contributed by atoms with Gasteiger partial charge in [0.2, 0.25) is 0 Å². The van der Waals surface area contributed by atoms with E-state index in [0.717, 1.165) is 0 Å². The molecule has 2 aliphatic rings. The normalized spacial score (nSPS) is 18.9. The number of alkyl halides is 2. The zero-order valence-electron chi connectivity index (χ0n) is 20.9. The quantitative estimate of drug-likeness (QED) is 0.451. The third-order valence-corrected chi connectivity index (χ3v) is 6.37. The van der Waals surface area contributed by atoms with E-state index in [2.05, 4.69) is 4.74 Å². The van der Waals surface area contributed by atoms with Crippen molar-refractivity contribution in [2.75, 3.05) is 13.1 Å². The number of carbonyl (C=O) groups is 1. The molecule has 9 heteroatoms. The van der Waals surface area contributed by atoms with E-state index in [9.17, 15) is 18.0 Å². The summed E-state index contributed by atoms with van der Waals surface area (Å²) in [6.45, 7) is 5.14. The molecule has 1 atom stereocenters. The molecule has 0 saturated carbocycles. The summed E-state index contributed by atoms with van der Waals surface area (Å²) in [5.41, 5.74) is 0.164. The van der Waals surface area contributed by atoms with Gasteiger partial charge in [0.1, 0.15) is 28.7 Å². The van der Waals surface area contributed by atoms with Gasteiger partial charge in [-0.15, -0.1) is 0 Å². The van der Waals surface area contributed by atoms with E-state index in [0.29, 0.717) is 49.4 Å². The van der Waals surface area contributed by atoms with Gasteiger partial charge in [0.05, 0.1) is 23.9 Å². The number of hydrogen-bond acceptors (Lipinski definition) is 5. The first-order valence-corrected chi connectivity index (χ1v) is 12.2. The predicted molar refractivity (Wildman–Crippen MR) is 127 cm³/mol. The van der Waals surface area contributed by atoms with Crippen molar-refractivity contribution in [2.24, 2.45) is 0 Å². The van der Waals surface area contributed by atoms with Crippen molar-refractivity contribution in [3.8, 4) is 17.2 Å². The molecule has 196 valence electrons. The molecule has 0 aromatic heterocycles. The highest BCUT2D eigenvalue weighted by atomic mass is 19.3. The fourth-order valence-electron chi connectivity index (χ4n) is 4.85. The van der Waals surface area contributed by atoms with Crippen LogP contribution in [0.15, 0.2) is 36.4 Å². The molecule has 0 unspecified atom stereocenters. The fourth-order valence-corrected chi connectivity index (χ4v) is 4.85. The van der Waals surface area contributed by atoms with E-state index < -0.39 is 18.1 Å². The van der Waals surface area contributed by atoms with E-state index in [1.807, 2.05) is 27.7 Å². The summed E-state index contributed by atoms with van der Waals surface area (Å²) in [7, 11) is 0. The maximum atomic E-state index is 13.9. The molecule has 2 aromatic carbocycles. The SMILES string of the molecule is CC(C)Oc1ccc(C(=O)N2CCC3(CC2)C[C@@H](OC(C)C)c2cc(F)ccc2O3)c(OC(F)F)c1. The average Bonchev–Trinajstić information content (AvgIpc) is 2.79. The van der Waals surface area contributed by atoms with Gasteiger partial charge in [-0.25, -0.2) is 4.39 Å². The van der Waals surface area contributed by atoms with Gasteiger partial charge in [-0.3, -0.25) is 4.79 Å². The van der Waals surface area contributed by atoms with Gasteiger partial charge in [0.15, 0.2) is 0 Å². The zero-order valence-corrected chi connectivity index (χ0v) is 20.9. The maximum Gasteiger partial charge on any atom is 0.387 e. The summed E-state index contributed by atoms with van der Waals surface area (Å²) in [6.07, 6.45) is 1.03. The number of rotatable bonds is 7. The number of benzene rings is 2. The molecule has 1 spiro atoms. The molecule has 0 N–H and O–H groups in total. The molecule has 6 nitrogen and oxygen atoms in total. The standard InChI is InChI=1S/C27H32F3NO5/c1-16(2)33-19-6-7-20(23(14-19)35-26(29)30)25(32)31-11-9-27(10-12-31)15-24(34-17(3)4)21-13-18(28)5-8-22(21)36-27/h5-8,13-14,16-17,24,26H,9-12,15H2,1-4H3/t24-/m1/s1. The van der Waals surface area contributed by atoms with Crippen LogP contribution in [0.1, 0.15) is 69.0 Å². The Morgan fingerprint density at radius 1 is 1.03 bits per heavy atom. The second-order valence-electron chi connectivity index (χ2n) is 9.84. The third kappa shape index (κ3) is 5.88. The van der Waals surface area contributed by atoms with Crippen LogP contribution in [0.2, 0.25) is 0 Å². The largest absolute Gasteiger partial charge is 0.491 e. The van der Waals surface area contributed by atoms with E-state index in [1.54, 1.807) is 17.0 Å². The smallest absolute Gasteiger partial charge is 0.387 e. The second kappa shape index (κ2) is 10.6. The number of fused-ring (bicyclic) bond motifs is 1. The van der Waals surface area contributed by atoms with Crippen LogP contribution in [-0.2, 0) is 4.74 Å². The van der Waals surface area contributed by atoms with Gasteiger partial charge >= 0.3 is 6.61 Å². The Morgan fingerprint density at radius 2 is 1.75 bits per heavy atom. The van der Waals surface area contributed by atoms with Crippen LogP contribution in [0, 0.1) is 5.82 Å². The number of likely N-dealkylation sites (tertiary alicyclic amines) is 1. The number of carbonyl (C=O) groups excluding carboxylic acids is 1. The Bertz CT molecular complexity index is 1080. The van der Waals surface area contributed by atoms with Crippen LogP contribution in [0.5, 0.6) is 17.2 Å². The lowest BCUT2D eigenvalue weighted by Crippen LogP contribution is -2.52. The monoisotopic (exact) mass is 507 g/mol. The van der Waals surface area contributed by atoms with Crippen molar-refractivity contribution < 1.29 is 36.9 Å². The number of halogens is 3. The Hall–Kier alpha value is -2.94. The molecular weight excluding hydrogens is 475 g/mol. The summed E-state index contributed by atoms with van der Waals surface area (Å²) in [5, 5.41) is 0. The molecule has 0 bridgehead atoms. The minimum atomic E-state index is -3.08. The minimum absolute atomic E-state index is 0.0498. The van der Waals surface area contributed by atoms with E-state index in [4.69, 9.17) is 14.2 Å². The van der Waals surface area contributed by atoms with Crippen molar-refractivity contribution in [3.63, 3.8) is 0 Å². The minimum Gasteiger partial charge on any atom is -0.491 e. The van der Waals surface area contributed by atoms with Gasteiger partial charge < -0.3 is 23.8 Å². The van der Waals surface area contributed by atoms with Crippen molar-refractivity contribution in [1.82, 2.24) is 4.90 Å². The number of ether oxygens (including phenoxy) is 4. The molecule has 2 aromatic rings. The molecule has 2 aliphatic heterocycles. The number of hydrogen-bond donors (Lipinski definition) is 0. The molecule has 36 heavy (non-hydrogen) atoms. The number of piperidine rings is 1. The van der Waals surface area contributed by atoms with Crippen molar-refractivity contribution in [2.45, 2.75) is 77.5 Å². The molecule has 0 aliphatic carbocycles. The van der Waals surface area contributed by atoms with E-state index in [1.165, 1.54) is 24.3 Å². The summed E-state index contributed by atoms with van der Waals surface area (Å²) in [4.78, 5) is 14.9. The van der Waals surface area contributed by atoms with Crippen molar-refractivity contribution in [1.29, 1.82) is 0 Å². The molecule has 1 saturated heterocycles. The lowest BCUT2D eigenvalue weighted by atomic mass is 9.81. The van der Waals surface area contributed by atoms with Gasteiger partial charge in [-0.05, 0) is 58.0 Å². The Kier molecular flexibility index (Phi) is 7.68. The van der Waals surface area contributed by atoms with Crippen LogP contribution in [0.4, 0.5) is 13.2 Å². The predicted octanol–water partition coefficient (Wildman–Crippen LogP) is 6.14. The van der Waals surface area contributed by atoms with Crippen molar-refractivity contribution in [3.05, 3.63) is 53.3 Å². The first kappa shape index (κ1) is 26.1. The first-order chi connectivity index (χ1) is 17.0. The molecule has 4 rings (SSSR count). The van der Waals surface area contributed by atoms with E-state index in [-0.39, 0.29) is 35.4 Å². The number of amides is 1. The lowest BCUT2D eigenvalue weighted by molar-refractivity contribution is -0.0874. The van der Waals surface area contributed by atoms with Crippen LogP contribution >= 0.6 is 0 Å². The molecule has 0 radical (unpaired) electrons. The lowest BCUT2D eigenvalue weighted by Gasteiger charge is -2.47. The van der Waals surface area contributed by atoms with Crippen LogP contribution in [0.25, 0.3) is 0 Å². The third-order valence-electron chi connectivity index (χ3n) is 6.37. The summed E-state index contributed by atoms with van der Waals surface area (Å²) in [6, 6.07) is 8.78. The maximum absolute atomic E-state index is 13.9. The Balaban J connectivity index is 1.51. The molecule has 1 fully saturated rings. The highest BCUT2D eigenvalue weighted by Crippen LogP contribution is 2.46.